The van der Waals surface area contributed by atoms with Crippen LogP contribution in [0.25, 0.3) is 0 Å². The first-order valence-corrected chi connectivity index (χ1v) is 5.80. The van der Waals surface area contributed by atoms with Gasteiger partial charge in [-0.3, -0.25) is 0 Å². The van der Waals surface area contributed by atoms with E-state index in [0.29, 0.717) is 18.3 Å². The SMILES string of the molecule is Cc1nnc(CNCCc2ccccc2C)o1. The molecule has 1 heterocycles. The average Bonchev–Trinajstić information content (AvgIpc) is 2.73. The third-order valence-electron chi connectivity index (χ3n) is 2.68. The van der Waals surface area contributed by atoms with Crippen LogP contribution in [0.5, 0.6) is 0 Å². The van der Waals surface area contributed by atoms with Gasteiger partial charge in [0.25, 0.3) is 0 Å². The molecule has 0 fully saturated rings. The number of aryl methyl sites for hydroxylation is 2. The van der Waals surface area contributed by atoms with Crippen molar-refractivity contribution in [3.05, 3.63) is 47.2 Å². The van der Waals surface area contributed by atoms with Crippen LogP contribution in [0, 0.1) is 13.8 Å². The Kier molecular flexibility index (Phi) is 3.88. The van der Waals surface area contributed by atoms with E-state index in [9.17, 15) is 0 Å². The van der Waals surface area contributed by atoms with Gasteiger partial charge >= 0.3 is 0 Å². The summed E-state index contributed by atoms with van der Waals surface area (Å²) < 4.78 is 5.27. The van der Waals surface area contributed by atoms with Crippen LogP contribution in [0.2, 0.25) is 0 Å². The molecule has 2 aromatic rings. The molecule has 0 bridgehead atoms. The molecule has 0 radical (unpaired) electrons. The molecular formula is C13H17N3O. The fourth-order valence-corrected chi connectivity index (χ4v) is 1.72. The Morgan fingerprint density at radius 3 is 2.71 bits per heavy atom. The number of benzene rings is 1. The van der Waals surface area contributed by atoms with Gasteiger partial charge in [0.05, 0.1) is 6.54 Å². The van der Waals surface area contributed by atoms with Crippen molar-refractivity contribution in [1.29, 1.82) is 0 Å². The quantitative estimate of drug-likeness (QED) is 0.800. The highest BCUT2D eigenvalue weighted by atomic mass is 16.4. The summed E-state index contributed by atoms with van der Waals surface area (Å²) in [6, 6.07) is 8.43. The molecule has 1 aromatic carbocycles. The Morgan fingerprint density at radius 1 is 1.18 bits per heavy atom. The first kappa shape index (κ1) is 11.8. The van der Waals surface area contributed by atoms with Crippen molar-refractivity contribution in [3.8, 4) is 0 Å². The van der Waals surface area contributed by atoms with Crippen LogP contribution in [-0.2, 0) is 13.0 Å². The molecule has 4 nitrogen and oxygen atoms in total. The summed E-state index contributed by atoms with van der Waals surface area (Å²) in [5.74, 6) is 1.26. The summed E-state index contributed by atoms with van der Waals surface area (Å²) in [5, 5.41) is 11.0. The van der Waals surface area contributed by atoms with E-state index in [1.165, 1.54) is 11.1 Å². The van der Waals surface area contributed by atoms with Gasteiger partial charge in [0.1, 0.15) is 0 Å². The number of hydrogen-bond acceptors (Lipinski definition) is 4. The van der Waals surface area contributed by atoms with Gasteiger partial charge in [-0.1, -0.05) is 24.3 Å². The molecule has 0 saturated carbocycles. The molecule has 0 saturated heterocycles. The molecule has 1 N–H and O–H groups in total. The van der Waals surface area contributed by atoms with E-state index in [4.69, 9.17) is 4.42 Å². The van der Waals surface area contributed by atoms with E-state index in [2.05, 4.69) is 46.7 Å². The zero-order valence-electron chi connectivity index (χ0n) is 10.2. The minimum atomic E-state index is 0.612. The highest BCUT2D eigenvalue weighted by Crippen LogP contribution is 2.07. The molecule has 0 unspecified atom stereocenters. The molecule has 17 heavy (non-hydrogen) atoms. The van der Waals surface area contributed by atoms with Gasteiger partial charge in [0, 0.05) is 6.92 Å². The highest BCUT2D eigenvalue weighted by molar-refractivity contribution is 5.25. The van der Waals surface area contributed by atoms with Gasteiger partial charge in [-0.2, -0.15) is 0 Å². The monoisotopic (exact) mass is 231 g/mol. The van der Waals surface area contributed by atoms with Gasteiger partial charge in [0.2, 0.25) is 11.8 Å². The van der Waals surface area contributed by atoms with E-state index >= 15 is 0 Å². The lowest BCUT2D eigenvalue weighted by atomic mass is 10.1. The second-order valence-corrected chi connectivity index (χ2v) is 4.07. The smallest absolute Gasteiger partial charge is 0.230 e. The molecule has 90 valence electrons. The lowest BCUT2D eigenvalue weighted by Gasteiger charge is -2.05. The molecule has 0 spiro atoms. The summed E-state index contributed by atoms with van der Waals surface area (Å²) in [5.41, 5.74) is 2.71. The van der Waals surface area contributed by atoms with Crippen LogP contribution in [0.1, 0.15) is 22.9 Å². The summed E-state index contributed by atoms with van der Waals surface area (Å²) in [4.78, 5) is 0. The first-order valence-electron chi connectivity index (χ1n) is 5.80. The fraction of sp³-hybridized carbons (Fsp3) is 0.385. The predicted octanol–water partition coefficient (Wildman–Crippen LogP) is 2.02. The third kappa shape index (κ3) is 3.39. The molecule has 0 amide bonds. The van der Waals surface area contributed by atoms with Crippen molar-refractivity contribution in [2.24, 2.45) is 0 Å². The van der Waals surface area contributed by atoms with E-state index in [0.717, 1.165) is 13.0 Å². The van der Waals surface area contributed by atoms with E-state index < -0.39 is 0 Å². The standard InChI is InChI=1S/C13H17N3O/c1-10-5-3-4-6-12(10)7-8-14-9-13-16-15-11(2)17-13/h3-6,14H,7-9H2,1-2H3. The van der Waals surface area contributed by atoms with Gasteiger partial charge < -0.3 is 9.73 Å². The lowest BCUT2D eigenvalue weighted by molar-refractivity contribution is 0.448. The number of nitrogens with zero attached hydrogens (tertiary/aromatic N) is 2. The fourth-order valence-electron chi connectivity index (χ4n) is 1.72. The topological polar surface area (TPSA) is 51.0 Å². The number of nitrogens with one attached hydrogen (secondary N) is 1. The average molecular weight is 231 g/mol. The summed E-state index contributed by atoms with van der Waals surface area (Å²) in [6.07, 6.45) is 1.01. The molecular weight excluding hydrogens is 214 g/mol. The number of hydrogen-bond donors (Lipinski definition) is 1. The van der Waals surface area contributed by atoms with Crippen molar-refractivity contribution in [1.82, 2.24) is 15.5 Å². The van der Waals surface area contributed by atoms with Gasteiger partial charge in [0.15, 0.2) is 0 Å². The molecule has 4 heteroatoms. The summed E-state index contributed by atoms with van der Waals surface area (Å²) in [6.45, 7) is 5.47. The molecule has 0 atom stereocenters. The minimum Gasteiger partial charge on any atom is -0.424 e. The van der Waals surface area contributed by atoms with E-state index in [1.54, 1.807) is 6.92 Å². The van der Waals surface area contributed by atoms with Crippen LogP contribution in [0.3, 0.4) is 0 Å². The maximum atomic E-state index is 5.27. The van der Waals surface area contributed by atoms with Crippen molar-refractivity contribution >= 4 is 0 Å². The van der Waals surface area contributed by atoms with Crippen molar-refractivity contribution in [3.63, 3.8) is 0 Å². The van der Waals surface area contributed by atoms with Crippen molar-refractivity contribution in [2.75, 3.05) is 6.54 Å². The normalized spacial score (nSPS) is 10.7. The second-order valence-electron chi connectivity index (χ2n) is 4.07. The van der Waals surface area contributed by atoms with Crippen LogP contribution in [0.4, 0.5) is 0 Å². The maximum absolute atomic E-state index is 5.27. The largest absolute Gasteiger partial charge is 0.424 e. The minimum absolute atomic E-state index is 0.612. The summed E-state index contributed by atoms with van der Waals surface area (Å²) >= 11 is 0. The van der Waals surface area contributed by atoms with Gasteiger partial charge in [-0.25, -0.2) is 0 Å². The molecule has 0 aliphatic rings. The Labute approximate surface area is 101 Å². The first-order chi connectivity index (χ1) is 8.25. The van der Waals surface area contributed by atoms with Crippen LogP contribution >= 0.6 is 0 Å². The van der Waals surface area contributed by atoms with Crippen LogP contribution in [-0.4, -0.2) is 16.7 Å². The van der Waals surface area contributed by atoms with E-state index in [1.807, 2.05) is 0 Å². The number of rotatable bonds is 5. The van der Waals surface area contributed by atoms with Gasteiger partial charge in [-0.05, 0) is 31.0 Å². The van der Waals surface area contributed by atoms with Crippen LogP contribution < -0.4 is 5.32 Å². The Morgan fingerprint density at radius 2 is 2.00 bits per heavy atom. The second kappa shape index (κ2) is 5.59. The molecule has 0 aliphatic heterocycles. The Balaban J connectivity index is 1.75. The van der Waals surface area contributed by atoms with Gasteiger partial charge in [-0.15, -0.1) is 10.2 Å². The molecule has 2 rings (SSSR count). The third-order valence-corrected chi connectivity index (χ3v) is 2.68. The van der Waals surface area contributed by atoms with Crippen molar-refractivity contribution < 1.29 is 4.42 Å². The predicted molar refractivity (Wildman–Crippen MR) is 65.6 cm³/mol. The molecule has 0 aliphatic carbocycles. The zero-order valence-corrected chi connectivity index (χ0v) is 10.2. The number of aromatic nitrogens is 2. The zero-order chi connectivity index (χ0) is 12.1. The maximum Gasteiger partial charge on any atom is 0.230 e. The van der Waals surface area contributed by atoms with Crippen molar-refractivity contribution in [2.45, 2.75) is 26.8 Å². The highest BCUT2D eigenvalue weighted by Gasteiger charge is 2.01. The van der Waals surface area contributed by atoms with Crippen LogP contribution in [0.15, 0.2) is 28.7 Å². The van der Waals surface area contributed by atoms with E-state index in [-0.39, 0.29) is 0 Å². The molecule has 1 aromatic heterocycles. The summed E-state index contributed by atoms with van der Waals surface area (Å²) in [7, 11) is 0. The Hall–Kier alpha value is -1.68. The lowest BCUT2D eigenvalue weighted by Crippen LogP contribution is -2.17. The Bertz CT molecular complexity index is 479.